The maximum Gasteiger partial charge on any atom is 0.673 e. The van der Waals surface area contributed by atoms with Gasteiger partial charge in [0.1, 0.15) is 0 Å². The molecular weight excluding hydrogens is 201 g/mol. The first kappa shape index (κ1) is 15.4. The summed E-state index contributed by atoms with van der Waals surface area (Å²) in [4.78, 5) is 3.78. The molecule has 1 aromatic heterocycles. The van der Waals surface area contributed by atoms with Gasteiger partial charge in [0.15, 0.2) is 0 Å². The zero-order valence-corrected chi connectivity index (χ0v) is 7.58. The Balaban J connectivity index is 0. The van der Waals surface area contributed by atoms with Crippen LogP contribution < -0.4 is 0 Å². The molecule has 82 valence electrons. The third-order valence-electron chi connectivity index (χ3n) is 0.566. The Hall–Kier alpha value is -1.11. The Bertz CT molecular complexity index is 162. The minimum Gasteiger partial charge on any atom is -0.418 e. The van der Waals surface area contributed by atoms with Gasteiger partial charge >= 0.3 is 7.25 Å². The Morgan fingerprint density at radius 1 is 1.07 bits per heavy atom. The van der Waals surface area contributed by atoms with Crippen LogP contribution >= 0.6 is 0 Å². The van der Waals surface area contributed by atoms with Crippen molar-refractivity contribution in [1.29, 1.82) is 0 Å². The normalized spacial score (nSPS) is 9.00. The highest BCUT2D eigenvalue weighted by Crippen LogP contribution is 2.06. The van der Waals surface area contributed by atoms with Gasteiger partial charge in [0.2, 0.25) is 0 Å². The van der Waals surface area contributed by atoms with Gasteiger partial charge in [-0.05, 0) is 19.1 Å². The van der Waals surface area contributed by atoms with Crippen molar-refractivity contribution < 1.29 is 22.4 Å². The summed E-state index contributed by atoms with van der Waals surface area (Å²) in [6.07, 6.45) is 3.50. The lowest BCUT2D eigenvalue weighted by Crippen LogP contribution is -2.02. The molecular formula is C7H11BF4NO-. The molecule has 0 aliphatic rings. The second-order valence-electron chi connectivity index (χ2n) is 1.84. The van der Waals surface area contributed by atoms with E-state index in [0.29, 0.717) is 0 Å². The van der Waals surface area contributed by atoms with Crippen LogP contribution in [0.1, 0.15) is 6.92 Å². The third kappa shape index (κ3) is 44.5. The minimum atomic E-state index is -6.00. The van der Waals surface area contributed by atoms with Crippen molar-refractivity contribution in [3.05, 3.63) is 30.6 Å². The quantitative estimate of drug-likeness (QED) is 0.528. The first-order valence-corrected chi connectivity index (χ1v) is 3.75. The molecule has 14 heavy (non-hydrogen) atoms. The van der Waals surface area contributed by atoms with E-state index < -0.39 is 7.25 Å². The Kier molecular flexibility index (Phi) is 11.0. The summed E-state index contributed by atoms with van der Waals surface area (Å²) in [5, 5.41) is 7.57. The number of rotatable bonds is 0. The number of nitrogens with zero attached hydrogens (tertiary/aromatic N) is 1. The predicted molar refractivity (Wildman–Crippen MR) is 47.2 cm³/mol. The standard InChI is InChI=1S/C5H5N.C2H6O.BF4/c1-2-4-6-5-3-1;1-2-3;2-1(3,4)5/h1-5H;3H,2H2,1H3;/q;;-1. The number of aliphatic hydroxyl groups is 1. The maximum atomic E-state index is 9.75. The second-order valence-corrected chi connectivity index (χ2v) is 1.84. The Morgan fingerprint density at radius 3 is 1.43 bits per heavy atom. The number of aromatic nitrogens is 1. The van der Waals surface area contributed by atoms with E-state index in [9.17, 15) is 17.3 Å². The van der Waals surface area contributed by atoms with Crippen molar-refractivity contribution in [1.82, 2.24) is 4.98 Å². The highest BCUT2D eigenvalue weighted by atomic mass is 19.5. The highest BCUT2D eigenvalue weighted by Gasteiger charge is 2.20. The Labute approximate surface area is 79.7 Å². The lowest BCUT2D eigenvalue weighted by molar-refractivity contribution is 0.318. The van der Waals surface area contributed by atoms with Gasteiger partial charge in [0.05, 0.1) is 0 Å². The average molecular weight is 212 g/mol. The fourth-order valence-electron chi connectivity index (χ4n) is 0.313. The van der Waals surface area contributed by atoms with Gasteiger partial charge in [-0.15, -0.1) is 0 Å². The van der Waals surface area contributed by atoms with E-state index in [2.05, 4.69) is 4.98 Å². The van der Waals surface area contributed by atoms with E-state index in [4.69, 9.17) is 5.11 Å². The smallest absolute Gasteiger partial charge is 0.418 e. The third-order valence-corrected chi connectivity index (χ3v) is 0.566. The molecule has 0 bridgehead atoms. The zero-order valence-electron chi connectivity index (χ0n) is 7.58. The van der Waals surface area contributed by atoms with Crippen molar-refractivity contribution in [2.75, 3.05) is 6.61 Å². The largest absolute Gasteiger partial charge is 0.673 e. The summed E-state index contributed by atoms with van der Waals surface area (Å²) in [7, 11) is -6.00. The molecule has 1 rings (SSSR count). The van der Waals surface area contributed by atoms with Crippen LogP contribution in [0.2, 0.25) is 0 Å². The van der Waals surface area contributed by atoms with Gasteiger partial charge in [0, 0.05) is 19.0 Å². The molecule has 2 nitrogen and oxygen atoms in total. The van der Waals surface area contributed by atoms with Gasteiger partial charge < -0.3 is 22.4 Å². The van der Waals surface area contributed by atoms with Gasteiger partial charge in [-0.1, -0.05) is 6.07 Å². The molecule has 0 radical (unpaired) electrons. The number of aliphatic hydroxyl groups excluding tert-OH is 1. The van der Waals surface area contributed by atoms with Crippen molar-refractivity contribution >= 4 is 7.25 Å². The van der Waals surface area contributed by atoms with Crippen molar-refractivity contribution in [3.8, 4) is 0 Å². The van der Waals surface area contributed by atoms with Gasteiger partial charge in [0.25, 0.3) is 0 Å². The van der Waals surface area contributed by atoms with Gasteiger partial charge in [-0.3, -0.25) is 4.98 Å². The summed E-state index contributed by atoms with van der Waals surface area (Å²) in [6.45, 7) is 1.93. The second kappa shape index (κ2) is 9.98. The van der Waals surface area contributed by atoms with E-state index in [1.54, 1.807) is 19.3 Å². The molecule has 0 unspecified atom stereocenters. The number of pyridine rings is 1. The number of halogens is 4. The SMILES string of the molecule is CCO.F[B-](F)(F)F.c1ccncc1. The van der Waals surface area contributed by atoms with Crippen LogP contribution in [0.5, 0.6) is 0 Å². The molecule has 0 amide bonds. The molecule has 0 saturated carbocycles. The molecule has 0 fully saturated rings. The van der Waals surface area contributed by atoms with Crippen LogP contribution in [0.3, 0.4) is 0 Å². The zero-order chi connectivity index (χ0) is 11.4. The van der Waals surface area contributed by atoms with Crippen LogP contribution in [0.4, 0.5) is 17.3 Å². The van der Waals surface area contributed by atoms with Crippen LogP contribution in [-0.4, -0.2) is 24.0 Å². The number of hydrogen-bond donors (Lipinski definition) is 1. The molecule has 0 aliphatic carbocycles. The monoisotopic (exact) mass is 212 g/mol. The summed E-state index contributed by atoms with van der Waals surface area (Å²) < 4.78 is 39.0. The Morgan fingerprint density at radius 2 is 1.36 bits per heavy atom. The molecule has 0 atom stereocenters. The van der Waals surface area contributed by atoms with Crippen molar-refractivity contribution in [3.63, 3.8) is 0 Å². The van der Waals surface area contributed by atoms with E-state index in [0.717, 1.165) is 0 Å². The minimum absolute atomic E-state index is 0.250. The van der Waals surface area contributed by atoms with Gasteiger partial charge in [-0.2, -0.15) is 0 Å². The summed E-state index contributed by atoms with van der Waals surface area (Å²) in [5.41, 5.74) is 0. The molecule has 0 spiro atoms. The molecule has 0 aromatic carbocycles. The summed E-state index contributed by atoms with van der Waals surface area (Å²) >= 11 is 0. The fraction of sp³-hybridized carbons (Fsp3) is 0.286. The summed E-state index contributed by atoms with van der Waals surface area (Å²) in [6, 6.07) is 5.72. The molecule has 1 heterocycles. The van der Waals surface area contributed by atoms with E-state index in [1.807, 2.05) is 18.2 Å². The lowest BCUT2D eigenvalue weighted by atomic mass is 10.3. The maximum absolute atomic E-state index is 9.75. The fourth-order valence-corrected chi connectivity index (χ4v) is 0.313. The van der Waals surface area contributed by atoms with E-state index >= 15 is 0 Å². The van der Waals surface area contributed by atoms with Crippen molar-refractivity contribution in [2.45, 2.75) is 6.92 Å². The van der Waals surface area contributed by atoms with Gasteiger partial charge in [-0.25, -0.2) is 0 Å². The highest BCUT2D eigenvalue weighted by molar-refractivity contribution is 6.50. The number of hydrogen-bond acceptors (Lipinski definition) is 2. The van der Waals surface area contributed by atoms with Crippen LogP contribution in [0.25, 0.3) is 0 Å². The molecule has 0 aliphatic heterocycles. The topological polar surface area (TPSA) is 33.1 Å². The van der Waals surface area contributed by atoms with E-state index in [-0.39, 0.29) is 6.61 Å². The summed E-state index contributed by atoms with van der Waals surface area (Å²) in [5.74, 6) is 0. The molecule has 0 saturated heterocycles. The van der Waals surface area contributed by atoms with Crippen LogP contribution in [0, 0.1) is 0 Å². The first-order valence-electron chi connectivity index (χ1n) is 3.75. The molecule has 1 aromatic rings. The average Bonchev–Trinajstić information content (AvgIpc) is 2.06. The molecule has 1 N–H and O–H groups in total. The van der Waals surface area contributed by atoms with Crippen LogP contribution in [-0.2, 0) is 0 Å². The van der Waals surface area contributed by atoms with E-state index in [1.165, 1.54) is 0 Å². The van der Waals surface area contributed by atoms with Crippen molar-refractivity contribution in [2.24, 2.45) is 0 Å². The lowest BCUT2D eigenvalue weighted by Gasteiger charge is -1.94. The predicted octanol–water partition coefficient (Wildman–Crippen LogP) is 2.38. The molecule has 7 heteroatoms. The first-order chi connectivity index (χ1) is 6.41. The van der Waals surface area contributed by atoms with Crippen LogP contribution in [0.15, 0.2) is 30.6 Å².